The van der Waals surface area contributed by atoms with Crippen molar-refractivity contribution in [2.45, 2.75) is 19.8 Å². The van der Waals surface area contributed by atoms with Gasteiger partial charge in [-0.1, -0.05) is 24.3 Å². The van der Waals surface area contributed by atoms with Crippen LogP contribution in [0.4, 0.5) is 9.52 Å². The number of rotatable bonds is 7. The van der Waals surface area contributed by atoms with Gasteiger partial charge in [0.05, 0.1) is 11.3 Å². The zero-order valence-electron chi connectivity index (χ0n) is 15.7. The van der Waals surface area contributed by atoms with Crippen LogP contribution in [0.1, 0.15) is 29.3 Å². The highest BCUT2D eigenvalue weighted by molar-refractivity contribution is 9.10. The highest BCUT2D eigenvalue weighted by Crippen LogP contribution is 2.26. The van der Waals surface area contributed by atoms with Crippen LogP contribution in [0, 0.1) is 5.82 Å². The molecule has 0 saturated heterocycles. The van der Waals surface area contributed by atoms with E-state index in [4.69, 9.17) is 0 Å². The number of nitrogens with zero attached hydrogens (tertiary/aromatic N) is 1. The van der Waals surface area contributed by atoms with Crippen LogP contribution < -0.4 is 10.6 Å². The number of hydrogen-bond acceptors (Lipinski definition) is 4. The maximum Gasteiger partial charge on any atom is 0.258 e. The fourth-order valence-electron chi connectivity index (χ4n) is 2.70. The van der Waals surface area contributed by atoms with Crippen LogP contribution in [0.25, 0.3) is 11.3 Å². The van der Waals surface area contributed by atoms with Crippen LogP contribution in [0.2, 0.25) is 0 Å². The summed E-state index contributed by atoms with van der Waals surface area (Å²) in [5.41, 5.74) is 3.09. The number of amides is 2. The lowest BCUT2D eigenvalue weighted by atomic mass is 10.1. The molecule has 0 aliphatic heterocycles. The second-order valence-corrected chi connectivity index (χ2v) is 8.11. The number of carbonyl (C=O) groups excluding carboxylic acids is 2. The Morgan fingerprint density at radius 3 is 2.66 bits per heavy atom. The Bertz CT molecular complexity index is 1020. The molecule has 5 nitrogen and oxygen atoms in total. The van der Waals surface area contributed by atoms with Crippen LogP contribution in [-0.4, -0.2) is 23.3 Å². The molecule has 0 radical (unpaired) electrons. The Morgan fingerprint density at radius 1 is 1.17 bits per heavy atom. The zero-order valence-corrected chi connectivity index (χ0v) is 18.1. The van der Waals surface area contributed by atoms with Crippen molar-refractivity contribution in [2.24, 2.45) is 0 Å². The molecule has 0 fully saturated rings. The third-order valence-electron chi connectivity index (χ3n) is 4.16. The van der Waals surface area contributed by atoms with E-state index in [1.165, 1.54) is 42.0 Å². The summed E-state index contributed by atoms with van der Waals surface area (Å²) in [6, 6.07) is 12.0. The molecule has 3 rings (SSSR count). The van der Waals surface area contributed by atoms with Gasteiger partial charge in [-0.2, -0.15) is 0 Å². The molecule has 8 heteroatoms. The third kappa shape index (κ3) is 5.95. The van der Waals surface area contributed by atoms with E-state index in [2.05, 4.69) is 31.5 Å². The van der Waals surface area contributed by atoms with Gasteiger partial charge in [0, 0.05) is 28.9 Å². The summed E-state index contributed by atoms with van der Waals surface area (Å²) in [4.78, 5) is 27.7. The minimum absolute atomic E-state index is 0.0171. The number of thiazole rings is 1. The standard InChI is InChI=1S/C21H19BrFN3O2S/c1-13(27)24-10-2-3-14-4-6-15(7-5-14)19-12-29-21(25-19)26-20(28)17-11-16(23)8-9-18(17)22/h4-9,11-12H,2-3,10H2,1H3,(H,24,27)(H,25,26,28). The lowest BCUT2D eigenvalue weighted by Gasteiger charge is -2.05. The molecule has 2 aromatic carbocycles. The van der Waals surface area contributed by atoms with Crippen LogP contribution in [-0.2, 0) is 11.2 Å². The Hall–Kier alpha value is -2.58. The monoisotopic (exact) mass is 475 g/mol. The summed E-state index contributed by atoms with van der Waals surface area (Å²) in [6.07, 6.45) is 1.75. The first kappa shape index (κ1) is 21.1. The average Bonchev–Trinajstić information content (AvgIpc) is 3.16. The van der Waals surface area contributed by atoms with Crippen molar-refractivity contribution in [3.63, 3.8) is 0 Å². The number of anilines is 1. The number of carbonyl (C=O) groups is 2. The van der Waals surface area contributed by atoms with E-state index in [9.17, 15) is 14.0 Å². The van der Waals surface area contributed by atoms with Gasteiger partial charge in [0.1, 0.15) is 5.82 Å². The van der Waals surface area contributed by atoms with Crippen LogP contribution in [0.3, 0.4) is 0 Å². The second-order valence-electron chi connectivity index (χ2n) is 6.40. The molecule has 0 spiro atoms. The van der Waals surface area contributed by atoms with E-state index in [0.29, 0.717) is 16.1 Å². The van der Waals surface area contributed by atoms with Gasteiger partial charge >= 0.3 is 0 Å². The zero-order chi connectivity index (χ0) is 20.8. The van der Waals surface area contributed by atoms with Gasteiger partial charge in [-0.15, -0.1) is 11.3 Å². The number of aryl methyl sites for hydroxylation is 1. The lowest BCUT2D eigenvalue weighted by Crippen LogP contribution is -2.21. The first-order chi connectivity index (χ1) is 13.9. The molecular weight excluding hydrogens is 457 g/mol. The normalized spacial score (nSPS) is 10.6. The molecule has 0 bridgehead atoms. The molecule has 150 valence electrons. The van der Waals surface area contributed by atoms with E-state index < -0.39 is 11.7 Å². The highest BCUT2D eigenvalue weighted by Gasteiger charge is 2.14. The fourth-order valence-corrected chi connectivity index (χ4v) is 3.84. The van der Waals surface area contributed by atoms with Gasteiger partial charge in [-0.05, 0) is 52.5 Å². The Labute approximate surface area is 180 Å². The van der Waals surface area contributed by atoms with Crippen molar-refractivity contribution >= 4 is 44.2 Å². The molecule has 2 amide bonds. The summed E-state index contributed by atoms with van der Waals surface area (Å²) in [5, 5.41) is 7.80. The van der Waals surface area contributed by atoms with Gasteiger partial charge in [0.25, 0.3) is 5.91 Å². The lowest BCUT2D eigenvalue weighted by molar-refractivity contribution is -0.118. The van der Waals surface area contributed by atoms with E-state index >= 15 is 0 Å². The maximum atomic E-state index is 13.4. The van der Waals surface area contributed by atoms with Crippen molar-refractivity contribution in [2.75, 3.05) is 11.9 Å². The number of aromatic nitrogens is 1. The van der Waals surface area contributed by atoms with Crippen LogP contribution in [0.15, 0.2) is 52.3 Å². The Morgan fingerprint density at radius 2 is 1.93 bits per heavy atom. The summed E-state index contributed by atoms with van der Waals surface area (Å²) in [7, 11) is 0. The van der Waals surface area contributed by atoms with Crippen molar-refractivity contribution in [3.8, 4) is 11.3 Å². The van der Waals surface area contributed by atoms with E-state index in [0.717, 1.165) is 24.1 Å². The third-order valence-corrected chi connectivity index (χ3v) is 5.61. The van der Waals surface area contributed by atoms with Crippen LogP contribution in [0.5, 0.6) is 0 Å². The van der Waals surface area contributed by atoms with E-state index in [1.54, 1.807) is 0 Å². The Kier molecular flexibility index (Phi) is 7.11. The molecule has 29 heavy (non-hydrogen) atoms. The Balaban J connectivity index is 1.61. The van der Waals surface area contributed by atoms with Crippen molar-refractivity contribution in [1.82, 2.24) is 10.3 Å². The number of nitrogens with one attached hydrogen (secondary N) is 2. The largest absolute Gasteiger partial charge is 0.356 e. The number of hydrogen-bond donors (Lipinski definition) is 2. The van der Waals surface area contributed by atoms with E-state index in [1.807, 2.05) is 29.6 Å². The molecule has 1 aromatic heterocycles. The molecule has 0 atom stereocenters. The molecule has 0 aliphatic rings. The molecule has 3 aromatic rings. The quantitative estimate of drug-likeness (QED) is 0.470. The minimum Gasteiger partial charge on any atom is -0.356 e. The SMILES string of the molecule is CC(=O)NCCCc1ccc(-c2csc(NC(=O)c3cc(F)ccc3Br)n2)cc1. The fraction of sp³-hybridized carbons (Fsp3) is 0.190. The molecule has 1 heterocycles. The average molecular weight is 476 g/mol. The first-order valence-corrected chi connectivity index (χ1v) is 10.7. The van der Waals surface area contributed by atoms with Gasteiger partial charge in [0.15, 0.2) is 5.13 Å². The summed E-state index contributed by atoms with van der Waals surface area (Å²) < 4.78 is 13.9. The van der Waals surface area contributed by atoms with Crippen molar-refractivity contribution in [3.05, 3.63) is 69.3 Å². The summed E-state index contributed by atoms with van der Waals surface area (Å²) >= 11 is 4.57. The minimum atomic E-state index is -0.477. The topological polar surface area (TPSA) is 71.1 Å². The van der Waals surface area contributed by atoms with Gasteiger partial charge in [-0.3, -0.25) is 14.9 Å². The molecular formula is C21H19BrFN3O2S. The van der Waals surface area contributed by atoms with Gasteiger partial charge in [0.2, 0.25) is 5.91 Å². The first-order valence-electron chi connectivity index (χ1n) is 8.98. The van der Waals surface area contributed by atoms with E-state index in [-0.39, 0.29) is 11.5 Å². The van der Waals surface area contributed by atoms with Crippen molar-refractivity contribution < 1.29 is 14.0 Å². The molecule has 0 aliphatic carbocycles. The number of halogens is 2. The summed E-state index contributed by atoms with van der Waals surface area (Å²) in [5.74, 6) is -0.918. The predicted octanol–water partition coefficient (Wildman–Crippen LogP) is 5.03. The summed E-state index contributed by atoms with van der Waals surface area (Å²) in [6.45, 7) is 2.17. The molecule has 0 unspecified atom stereocenters. The highest BCUT2D eigenvalue weighted by atomic mass is 79.9. The molecule has 2 N–H and O–H groups in total. The van der Waals surface area contributed by atoms with Gasteiger partial charge in [-0.25, -0.2) is 9.37 Å². The second kappa shape index (κ2) is 9.76. The van der Waals surface area contributed by atoms with Crippen LogP contribution >= 0.6 is 27.3 Å². The predicted molar refractivity (Wildman–Crippen MR) is 117 cm³/mol. The van der Waals surface area contributed by atoms with Crippen molar-refractivity contribution in [1.29, 1.82) is 0 Å². The smallest absolute Gasteiger partial charge is 0.258 e. The molecule has 0 saturated carbocycles. The maximum absolute atomic E-state index is 13.4. The number of benzene rings is 2. The van der Waals surface area contributed by atoms with Gasteiger partial charge < -0.3 is 5.32 Å².